The van der Waals surface area contributed by atoms with Crippen molar-refractivity contribution in [2.75, 3.05) is 19.6 Å². The van der Waals surface area contributed by atoms with Crippen molar-refractivity contribution in [3.8, 4) is 0 Å². The molecule has 106 valence electrons. The summed E-state index contributed by atoms with van der Waals surface area (Å²) in [5.41, 5.74) is 0. The van der Waals surface area contributed by atoms with Crippen molar-refractivity contribution in [3.05, 3.63) is 0 Å². The number of sulfonamides is 1. The number of halogens is 3. The third kappa shape index (κ3) is 3.36. The highest BCUT2D eigenvalue weighted by Crippen LogP contribution is 2.34. The van der Waals surface area contributed by atoms with Crippen molar-refractivity contribution < 1.29 is 21.6 Å². The molecule has 0 bridgehead atoms. The maximum atomic E-state index is 12.5. The second kappa shape index (κ2) is 4.97. The van der Waals surface area contributed by atoms with Gasteiger partial charge in [0.25, 0.3) is 0 Å². The normalized spacial score (nSPS) is 23.6. The van der Waals surface area contributed by atoms with E-state index in [0.717, 1.165) is 0 Å². The molecule has 1 N–H and O–H groups in total. The summed E-state index contributed by atoms with van der Waals surface area (Å²) < 4.78 is 62.6. The van der Waals surface area contributed by atoms with Crippen LogP contribution in [0.25, 0.3) is 0 Å². The standard InChI is InChI=1S/C10H17F3N2O2S/c11-10(12,13)7-15(8-1-2-8)18(16,17)9-3-5-14-6-4-9/h8-9,14H,1-7H2. The third-order valence-corrected chi connectivity index (χ3v) is 5.72. The molecule has 0 spiro atoms. The molecule has 1 heterocycles. The summed E-state index contributed by atoms with van der Waals surface area (Å²) in [6.07, 6.45) is -2.60. The molecule has 0 unspecified atom stereocenters. The second-order valence-electron chi connectivity index (χ2n) is 4.89. The Morgan fingerprint density at radius 1 is 1.11 bits per heavy atom. The smallest absolute Gasteiger partial charge is 0.317 e. The largest absolute Gasteiger partial charge is 0.402 e. The van der Waals surface area contributed by atoms with Crippen LogP contribution < -0.4 is 5.32 Å². The van der Waals surface area contributed by atoms with Gasteiger partial charge in [-0.05, 0) is 38.8 Å². The van der Waals surface area contributed by atoms with Gasteiger partial charge in [0, 0.05) is 6.04 Å². The first-order valence-electron chi connectivity index (χ1n) is 6.09. The third-order valence-electron chi connectivity index (χ3n) is 3.32. The Hall–Kier alpha value is -0.340. The van der Waals surface area contributed by atoms with E-state index in [1.807, 2.05) is 0 Å². The number of nitrogens with one attached hydrogen (secondary N) is 1. The Bertz CT molecular complexity index is 386. The topological polar surface area (TPSA) is 49.4 Å². The zero-order valence-electron chi connectivity index (χ0n) is 9.91. The van der Waals surface area contributed by atoms with E-state index >= 15 is 0 Å². The van der Waals surface area contributed by atoms with E-state index in [2.05, 4.69) is 5.32 Å². The van der Waals surface area contributed by atoms with Gasteiger partial charge in [-0.2, -0.15) is 17.5 Å². The summed E-state index contributed by atoms with van der Waals surface area (Å²) in [7, 11) is -3.82. The summed E-state index contributed by atoms with van der Waals surface area (Å²) in [5, 5.41) is 2.35. The Labute approximate surface area is 105 Å². The number of alkyl halides is 3. The number of rotatable bonds is 4. The summed E-state index contributed by atoms with van der Waals surface area (Å²) in [5.74, 6) is 0. The van der Waals surface area contributed by atoms with Crippen molar-refractivity contribution in [3.63, 3.8) is 0 Å². The van der Waals surface area contributed by atoms with E-state index in [1.54, 1.807) is 0 Å². The molecular weight excluding hydrogens is 269 g/mol. The van der Waals surface area contributed by atoms with Crippen molar-refractivity contribution in [1.29, 1.82) is 0 Å². The second-order valence-corrected chi connectivity index (χ2v) is 7.05. The fourth-order valence-corrected chi connectivity index (χ4v) is 4.42. The van der Waals surface area contributed by atoms with Gasteiger partial charge in [-0.25, -0.2) is 8.42 Å². The van der Waals surface area contributed by atoms with E-state index < -0.39 is 34.0 Å². The van der Waals surface area contributed by atoms with Crippen LogP contribution in [0.3, 0.4) is 0 Å². The summed E-state index contributed by atoms with van der Waals surface area (Å²) >= 11 is 0. The molecule has 0 aromatic rings. The Morgan fingerprint density at radius 3 is 2.11 bits per heavy atom. The van der Waals surface area contributed by atoms with Gasteiger partial charge < -0.3 is 5.32 Å². The average Bonchev–Trinajstić information content (AvgIpc) is 3.09. The first-order valence-corrected chi connectivity index (χ1v) is 7.59. The van der Waals surface area contributed by atoms with E-state index in [0.29, 0.717) is 43.1 Å². The fourth-order valence-electron chi connectivity index (χ4n) is 2.25. The van der Waals surface area contributed by atoms with Gasteiger partial charge in [0.05, 0.1) is 5.25 Å². The van der Waals surface area contributed by atoms with Crippen molar-refractivity contribution >= 4 is 10.0 Å². The molecule has 1 saturated carbocycles. The van der Waals surface area contributed by atoms with Crippen LogP contribution in [0.2, 0.25) is 0 Å². The molecule has 0 radical (unpaired) electrons. The fraction of sp³-hybridized carbons (Fsp3) is 1.00. The Balaban J connectivity index is 2.13. The van der Waals surface area contributed by atoms with E-state index in [9.17, 15) is 21.6 Å². The van der Waals surface area contributed by atoms with Gasteiger partial charge in [0.2, 0.25) is 10.0 Å². The predicted octanol–water partition coefficient (Wildman–Crippen LogP) is 1.09. The van der Waals surface area contributed by atoms with Crippen LogP contribution >= 0.6 is 0 Å². The lowest BCUT2D eigenvalue weighted by Gasteiger charge is -2.30. The number of piperidine rings is 1. The van der Waals surface area contributed by atoms with Crippen molar-refractivity contribution in [2.45, 2.75) is 43.2 Å². The zero-order valence-corrected chi connectivity index (χ0v) is 10.7. The maximum absolute atomic E-state index is 12.5. The molecule has 1 aliphatic heterocycles. The number of hydrogen-bond acceptors (Lipinski definition) is 3. The van der Waals surface area contributed by atoms with Crippen LogP contribution in [0.15, 0.2) is 0 Å². The molecule has 0 aromatic heterocycles. The first kappa shape index (κ1) is 14.1. The molecule has 0 atom stereocenters. The van der Waals surface area contributed by atoms with Gasteiger partial charge in [-0.3, -0.25) is 0 Å². The average molecular weight is 286 g/mol. The predicted molar refractivity (Wildman–Crippen MR) is 60.6 cm³/mol. The summed E-state index contributed by atoms with van der Waals surface area (Å²) in [6, 6.07) is -0.438. The lowest BCUT2D eigenvalue weighted by atomic mass is 10.2. The molecule has 1 saturated heterocycles. The molecule has 18 heavy (non-hydrogen) atoms. The minimum Gasteiger partial charge on any atom is -0.317 e. The highest BCUT2D eigenvalue weighted by atomic mass is 32.2. The van der Waals surface area contributed by atoms with Gasteiger partial charge in [0.15, 0.2) is 0 Å². The van der Waals surface area contributed by atoms with Crippen LogP contribution in [0.5, 0.6) is 0 Å². The van der Waals surface area contributed by atoms with Crippen LogP contribution in [-0.4, -0.2) is 49.8 Å². The van der Waals surface area contributed by atoms with Crippen LogP contribution in [0.1, 0.15) is 25.7 Å². The molecule has 2 aliphatic rings. The van der Waals surface area contributed by atoms with Gasteiger partial charge in [-0.15, -0.1) is 0 Å². The van der Waals surface area contributed by atoms with Crippen LogP contribution in [0, 0.1) is 0 Å². The minimum atomic E-state index is -4.47. The molecule has 4 nitrogen and oxygen atoms in total. The Kier molecular flexibility index (Phi) is 3.89. The van der Waals surface area contributed by atoms with Crippen molar-refractivity contribution in [2.24, 2.45) is 0 Å². The van der Waals surface area contributed by atoms with Gasteiger partial charge in [0.1, 0.15) is 6.54 Å². The number of hydrogen-bond donors (Lipinski definition) is 1. The van der Waals surface area contributed by atoms with Gasteiger partial charge >= 0.3 is 6.18 Å². The van der Waals surface area contributed by atoms with Crippen LogP contribution in [-0.2, 0) is 10.0 Å². The zero-order chi connectivity index (χ0) is 13.4. The molecular formula is C10H17F3N2O2S. The lowest BCUT2D eigenvalue weighted by molar-refractivity contribution is -0.137. The van der Waals surface area contributed by atoms with E-state index in [1.165, 1.54) is 0 Å². The summed E-state index contributed by atoms with van der Waals surface area (Å²) in [6.45, 7) is -0.243. The van der Waals surface area contributed by atoms with Gasteiger partial charge in [-0.1, -0.05) is 0 Å². The highest BCUT2D eigenvalue weighted by molar-refractivity contribution is 7.89. The van der Waals surface area contributed by atoms with Crippen LogP contribution in [0.4, 0.5) is 13.2 Å². The molecule has 1 aliphatic carbocycles. The SMILES string of the molecule is O=S(=O)(C1CCNCC1)N(CC(F)(F)F)C1CC1. The monoisotopic (exact) mass is 286 g/mol. The molecule has 8 heteroatoms. The quantitative estimate of drug-likeness (QED) is 0.842. The molecule has 0 aromatic carbocycles. The molecule has 0 amide bonds. The first-order chi connectivity index (χ1) is 8.31. The molecule has 2 rings (SSSR count). The highest BCUT2D eigenvalue weighted by Gasteiger charge is 2.46. The maximum Gasteiger partial charge on any atom is 0.402 e. The Morgan fingerprint density at radius 2 is 1.67 bits per heavy atom. The lowest BCUT2D eigenvalue weighted by Crippen LogP contribution is -2.48. The minimum absolute atomic E-state index is 0.392. The van der Waals surface area contributed by atoms with E-state index in [-0.39, 0.29) is 0 Å². The molecule has 2 fully saturated rings. The number of nitrogens with zero attached hydrogens (tertiary/aromatic N) is 1. The van der Waals surface area contributed by atoms with Crippen molar-refractivity contribution in [1.82, 2.24) is 9.62 Å². The summed E-state index contributed by atoms with van der Waals surface area (Å²) in [4.78, 5) is 0. The van der Waals surface area contributed by atoms with E-state index in [4.69, 9.17) is 0 Å².